The van der Waals surface area contributed by atoms with Crippen LogP contribution in [0.15, 0.2) is 20.7 Å². The number of hydrogen-bond acceptors (Lipinski definition) is 4. The molecule has 0 spiro atoms. The van der Waals surface area contributed by atoms with Crippen molar-refractivity contribution in [2.24, 2.45) is 10.3 Å². The third-order valence-corrected chi connectivity index (χ3v) is 5.58. The molecule has 0 bridgehead atoms. The molecule has 1 heterocycles. The molecule has 0 unspecified atom stereocenters. The lowest BCUT2D eigenvalue weighted by Crippen LogP contribution is -2.31. The zero-order chi connectivity index (χ0) is 11.9. The first-order valence-electron chi connectivity index (χ1n) is 4.46. The highest BCUT2D eigenvalue weighted by Crippen LogP contribution is 2.27. The van der Waals surface area contributed by atoms with Gasteiger partial charge in [-0.2, -0.15) is 0 Å². The van der Waals surface area contributed by atoms with E-state index in [-0.39, 0.29) is 5.03 Å². The molecule has 1 rings (SSSR count). The average Bonchev–Trinajstić information content (AvgIpc) is 2.49. The summed E-state index contributed by atoms with van der Waals surface area (Å²) in [6.45, 7) is 6.02. The van der Waals surface area contributed by atoms with Crippen LogP contribution in [-0.2, 0) is 10.0 Å². The van der Waals surface area contributed by atoms with Gasteiger partial charge in [0.2, 0.25) is 5.03 Å². The molecule has 0 aliphatic carbocycles. The van der Waals surface area contributed by atoms with Gasteiger partial charge < -0.3 is 0 Å². The zero-order valence-corrected chi connectivity index (χ0v) is 11.3. The number of hydrogen-bond donors (Lipinski definition) is 0. The van der Waals surface area contributed by atoms with Crippen molar-refractivity contribution >= 4 is 18.1 Å². The van der Waals surface area contributed by atoms with Crippen LogP contribution < -0.4 is 5.43 Å². The van der Waals surface area contributed by atoms with Gasteiger partial charge >= 0.3 is 0 Å². The minimum atomic E-state index is -3.52. The molecule has 0 N–H and O–H groups in total. The Balaban J connectivity index is 3.29. The fourth-order valence-corrected chi connectivity index (χ4v) is 4.13. The fraction of sp³-hybridized carbons (Fsp3) is 0.714. The summed E-state index contributed by atoms with van der Waals surface area (Å²) in [5.74, 6) is 0. The molecule has 0 aromatic heterocycles. The summed E-state index contributed by atoms with van der Waals surface area (Å²) < 4.78 is 24.9. The Labute approximate surface area is 91.1 Å². The van der Waals surface area contributed by atoms with Crippen molar-refractivity contribution in [3.63, 3.8) is 0 Å². The van der Waals surface area contributed by atoms with Crippen LogP contribution in [0, 0.1) is 0 Å². The molecule has 0 aromatic rings. The van der Waals surface area contributed by atoms with E-state index in [1.54, 1.807) is 0 Å². The van der Waals surface area contributed by atoms with Gasteiger partial charge in [0, 0.05) is 14.1 Å². The van der Waals surface area contributed by atoms with Gasteiger partial charge in [0.15, 0.2) is 0 Å². The van der Waals surface area contributed by atoms with Crippen molar-refractivity contribution in [1.29, 1.82) is 0 Å². The molecule has 0 amide bonds. The van der Waals surface area contributed by atoms with E-state index in [0.29, 0.717) is 5.32 Å². The van der Waals surface area contributed by atoms with Gasteiger partial charge in [-0.15, -0.1) is 10.5 Å². The predicted molar refractivity (Wildman–Crippen MR) is 60.0 cm³/mol. The lowest BCUT2D eigenvalue weighted by atomic mass is 10.9. The van der Waals surface area contributed by atoms with Gasteiger partial charge in [0.05, 0.1) is 5.32 Å². The Kier molecular flexibility index (Phi) is 3.03. The first kappa shape index (κ1) is 12.3. The van der Waals surface area contributed by atoms with Crippen molar-refractivity contribution in [3.05, 3.63) is 10.3 Å². The van der Waals surface area contributed by atoms with E-state index in [1.165, 1.54) is 14.1 Å². The quantitative estimate of drug-likeness (QED) is 0.695. The fourth-order valence-electron chi connectivity index (χ4n) is 1.02. The van der Waals surface area contributed by atoms with Gasteiger partial charge in [0.1, 0.15) is 8.07 Å². The van der Waals surface area contributed by atoms with Crippen molar-refractivity contribution in [2.45, 2.75) is 19.6 Å². The van der Waals surface area contributed by atoms with Gasteiger partial charge in [-0.25, -0.2) is 12.7 Å². The summed E-state index contributed by atoms with van der Waals surface area (Å²) in [6.07, 6.45) is 0. The SMILES string of the molecule is CN(C)S(=O)(=O)C1=C([Si](C)(C)C)N=N[N]1. The van der Waals surface area contributed by atoms with Crippen LogP contribution in [0.1, 0.15) is 0 Å². The third-order valence-electron chi connectivity index (χ3n) is 1.92. The first-order valence-corrected chi connectivity index (χ1v) is 9.40. The summed E-state index contributed by atoms with van der Waals surface area (Å²) in [5.41, 5.74) is 3.62. The van der Waals surface area contributed by atoms with E-state index in [1.807, 2.05) is 19.6 Å². The second kappa shape index (κ2) is 3.69. The molecule has 1 aliphatic rings. The smallest absolute Gasteiger partial charge is 0.205 e. The van der Waals surface area contributed by atoms with Crippen LogP contribution in [-0.4, -0.2) is 34.9 Å². The minimum Gasteiger partial charge on any atom is -0.205 e. The van der Waals surface area contributed by atoms with Gasteiger partial charge in [-0.3, -0.25) is 0 Å². The van der Waals surface area contributed by atoms with Crippen LogP contribution in [0.2, 0.25) is 19.6 Å². The van der Waals surface area contributed by atoms with E-state index >= 15 is 0 Å². The van der Waals surface area contributed by atoms with E-state index in [4.69, 9.17) is 0 Å². The summed E-state index contributed by atoms with van der Waals surface area (Å²) in [4.78, 5) is 0. The minimum absolute atomic E-state index is 0.00617. The summed E-state index contributed by atoms with van der Waals surface area (Å²) in [6, 6.07) is 0. The maximum Gasteiger partial charge on any atom is 0.263 e. The normalized spacial score (nSPS) is 17.5. The van der Waals surface area contributed by atoms with Gasteiger partial charge in [-0.05, 0) is 5.22 Å². The monoisotopic (exact) mass is 247 g/mol. The summed E-state index contributed by atoms with van der Waals surface area (Å²) >= 11 is 0. The second-order valence-electron chi connectivity index (χ2n) is 4.48. The highest BCUT2D eigenvalue weighted by atomic mass is 32.2. The molecule has 0 aromatic carbocycles. The van der Waals surface area contributed by atoms with Crippen LogP contribution in [0.5, 0.6) is 0 Å². The lowest BCUT2D eigenvalue weighted by molar-refractivity contribution is 0.524. The molecule has 6 nitrogen and oxygen atoms in total. The number of sulfonamides is 1. The largest absolute Gasteiger partial charge is 0.263 e. The standard InChI is InChI=1S/C7H15N4O2SSi/c1-11(2)14(12,13)6-7(9-10-8-6)15(3,4)5/h1-5H3. The Morgan fingerprint density at radius 3 is 2.13 bits per heavy atom. The molecule has 0 fully saturated rings. The Bertz CT molecular complexity index is 419. The Morgan fingerprint density at radius 1 is 1.20 bits per heavy atom. The maximum absolute atomic E-state index is 11.9. The van der Waals surface area contributed by atoms with Crippen molar-refractivity contribution < 1.29 is 8.42 Å². The highest BCUT2D eigenvalue weighted by Gasteiger charge is 2.36. The Hall–Kier alpha value is -0.733. The highest BCUT2D eigenvalue weighted by molar-refractivity contribution is 7.93. The van der Waals surface area contributed by atoms with E-state index < -0.39 is 18.1 Å². The molecule has 0 saturated heterocycles. The molecular formula is C7H15N4O2SSi. The molecule has 15 heavy (non-hydrogen) atoms. The molecule has 0 saturated carbocycles. The topological polar surface area (TPSA) is 76.2 Å². The van der Waals surface area contributed by atoms with Crippen molar-refractivity contribution in [1.82, 2.24) is 9.73 Å². The molecule has 85 valence electrons. The summed E-state index contributed by atoms with van der Waals surface area (Å²) in [5, 5.41) is 7.84. The van der Waals surface area contributed by atoms with Gasteiger partial charge in [0.25, 0.3) is 10.0 Å². The lowest BCUT2D eigenvalue weighted by Gasteiger charge is -2.17. The average molecular weight is 247 g/mol. The van der Waals surface area contributed by atoms with E-state index in [9.17, 15) is 8.42 Å². The van der Waals surface area contributed by atoms with Gasteiger partial charge in [-0.1, -0.05) is 19.6 Å². The second-order valence-corrected chi connectivity index (χ2v) is 11.5. The number of rotatable bonds is 3. The molecular weight excluding hydrogens is 232 g/mol. The molecule has 8 heteroatoms. The van der Waals surface area contributed by atoms with Crippen molar-refractivity contribution in [3.8, 4) is 0 Å². The van der Waals surface area contributed by atoms with Crippen LogP contribution in [0.25, 0.3) is 0 Å². The summed E-state index contributed by atoms with van der Waals surface area (Å²) in [7, 11) is -2.40. The van der Waals surface area contributed by atoms with Crippen molar-refractivity contribution in [2.75, 3.05) is 14.1 Å². The predicted octanol–water partition coefficient (Wildman–Crippen LogP) is 0.910. The molecule has 1 aliphatic heterocycles. The van der Waals surface area contributed by atoms with Crippen LogP contribution >= 0.6 is 0 Å². The zero-order valence-electron chi connectivity index (χ0n) is 9.51. The molecule has 0 atom stereocenters. The third kappa shape index (κ3) is 2.27. The van der Waals surface area contributed by atoms with Crippen LogP contribution in [0.3, 0.4) is 0 Å². The number of nitrogens with zero attached hydrogens (tertiary/aromatic N) is 4. The first-order chi connectivity index (χ1) is 6.67. The van der Waals surface area contributed by atoms with E-state index in [2.05, 4.69) is 15.8 Å². The maximum atomic E-state index is 11.9. The van der Waals surface area contributed by atoms with E-state index in [0.717, 1.165) is 4.31 Å². The van der Waals surface area contributed by atoms with Crippen LogP contribution in [0.4, 0.5) is 0 Å². The molecule has 1 radical (unpaired) electrons. The Morgan fingerprint density at radius 2 is 1.73 bits per heavy atom.